The summed E-state index contributed by atoms with van der Waals surface area (Å²) in [6.07, 6.45) is 0. The first kappa shape index (κ1) is 27.7. The fourth-order valence-corrected chi connectivity index (χ4v) is 9.56. The van der Waals surface area contributed by atoms with Gasteiger partial charge in [-0.1, -0.05) is 140 Å². The lowest BCUT2D eigenvalue weighted by molar-refractivity contribution is 0.795. The molecule has 2 aliphatic rings. The van der Waals surface area contributed by atoms with Gasteiger partial charge in [0.2, 0.25) is 0 Å². The van der Waals surface area contributed by atoms with E-state index in [0.29, 0.717) is 17.5 Å². The Morgan fingerprint density at radius 2 is 0.860 bits per heavy atom. The summed E-state index contributed by atoms with van der Waals surface area (Å²) in [4.78, 5) is 15.2. The summed E-state index contributed by atoms with van der Waals surface area (Å²) in [6.45, 7) is 0. The Kier molecular flexibility index (Phi) is 5.75. The predicted octanol–water partition coefficient (Wildman–Crippen LogP) is 11.6. The first-order valence-electron chi connectivity index (χ1n) is 16.9. The molecule has 1 atom stereocenters. The number of hydrogen-bond acceptors (Lipinski definition) is 4. The minimum Gasteiger partial charge on any atom is -0.208 e. The second-order valence-corrected chi connectivity index (χ2v) is 14.2. The van der Waals surface area contributed by atoms with Crippen molar-refractivity contribution >= 4 is 31.5 Å². The Hall–Kier alpha value is -6.23. The smallest absolute Gasteiger partial charge is 0.164 e. The summed E-state index contributed by atoms with van der Waals surface area (Å²) in [6, 6.07) is 58.9. The van der Waals surface area contributed by atoms with Gasteiger partial charge < -0.3 is 0 Å². The number of benzene rings is 7. The topological polar surface area (TPSA) is 38.7 Å². The normalized spacial score (nSPS) is 15.3. The molecule has 7 aromatic carbocycles. The first-order chi connectivity index (χ1) is 24.8. The highest BCUT2D eigenvalue weighted by molar-refractivity contribution is 7.25. The molecular formula is C46H27N3S. The molecule has 4 heteroatoms. The fraction of sp³-hybridized carbons (Fsp3) is 0.0217. The predicted molar refractivity (Wildman–Crippen MR) is 205 cm³/mol. The molecule has 0 radical (unpaired) electrons. The minimum atomic E-state index is -0.483. The molecule has 9 aromatic rings. The van der Waals surface area contributed by atoms with Crippen LogP contribution in [0.15, 0.2) is 164 Å². The Bertz CT molecular complexity index is 2760. The Balaban J connectivity index is 1.21. The summed E-state index contributed by atoms with van der Waals surface area (Å²) in [5.74, 6) is 1.99. The molecule has 0 saturated carbocycles. The average molecular weight is 654 g/mol. The van der Waals surface area contributed by atoms with Gasteiger partial charge in [-0.2, -0.15) is 0 Å². The maximum atomic E-state index is 5.12. The van der Waals surface area contributed by atoms with Gasteiger partial charge in [0.15, 0.2) is 17.5 Å². The van der Waals surface area contributed by atoms with Gasteiger partial charge in [0.25, 0.3) is 0 Å². The van der Waals surface area contributed by atoms with Gasteiger partial charge in [-0.3, -0.25) is 0 Å². The van der Waals surface area contributed by atoms with Crippen LogP contribution in [-0.4, -0.2) is 15.0 Å². The SMILES string of the molecule is c1ccc(-c2nc(-c3ccccc3)nc(-c3ccc4c(c3)C3(c5ccccc5-4)c4ccccc4-c4cc5sc6ccccc6c5cc43)n2)cc1. The maximum absolute atomic E-state index is 5.12. The lowest BCUT2D eigenvalue weighted by Crippen LogP contribution is -2.25. The van der Waals surface area contributed by atoms with Crippen molar-refractivity contribution in [2.45, 2.75) is 5.41 Å². The van der Waals surface area contributed by atoms with E-state index in [-0.39, 0.29) is 0 Å². The molecule has 2 aromatic heterocycles. The molecule has 2 heterocycles. The third-order valence-electron chi connectivity index (χ3n) is 10.5. The Labute approximate surface area is 293 Å². The molecule has 0 amide bonds. The van der Waals surface area contributed by atoms with Gasteiger partial charge in [-0.25, -0.2) is 15.0 Å². The van der Waals surface area contributed by atoms with Crippen molar-refractivity contribution < 1.29 is 0 Å². The Morgan fingerprint density at radius 1 is 0.340 bits per heavy atom. The molecule has 1 unspecified atom stereocenters. The summed E-state index contributed by atoms with van der Waals surface area (Å²) >= 11 is 1.88. The molecule has 1 spiro atoms. The van der Waals surface area contributed by atoms with Crippen LogP contribution in [0.5, 0.6) is 0 Å². The molecule has 232 valence electrons. The highest BCUT2D eigenvalue weighted by Gasteiger charge is 2.52. The van der Waals surface area contributed by atoms with Gasteiger partial charge >= 0.3 is 0 Å². The zero-order chi connectivity index (χ0) is 32.8. The monoisotopic (exact) mass is 653 g/mol. The second-order valence-electron chi connectivity index (χ2n) is 13.1. The maximum Gasteiger partial charge on any atom is 0.164 e. The van der Waals surface area contributed by atoms with E-state index in [1.807, 2.05) is 47.7 Å². The molecule has 0 saturated heterocycles. The third-order valence-corrected chi connectivity index (χ3v) is 11.7. The zero-order valence-corrected chi connectivity index (χ0v) is 27.7. The summed E-state index contributed by atoms with van der Waals surface area (Å²) in [5, 5.41) is 2.63. The first-order valence-corrected chi connectivity index (χ1v) is 17.8. The van der Waals surface area contributed by atoms with Gasteiger partial charge in [-0.15, -0.1) is 11.3 Å². The quantitative estimate of drug-likeness (QED) is 0.190. The number of fused-ring (bicyclic) bond motifs is 13. The van der Waals surface area contributed by atoms with E-state index in [1.54, 1.807) is 0 Å². The lowest BCUT2D eigenvalue weighted by Gasteiger charge is -2.30. The van der Waals surface area contributed by atoms with Crippen LogP contribution in [0.2, 0.25) is 0 Å². The van der Waals surface area contributed by atoms with Crippen LogP contribution in [-0.2, 0) is 5.41 Å². The largest absolute Gasteiger partial charge is 0.208 e. The van der Waals surface area contributed by atoms with E-state index in [1.165, 1.54) is 64.7 Å². The van der Waals surface area contributed by atoms with E-state index in [0.717, 1.165) is 16.7 Å². The van der Waals surface area contributed by atoms with Gasteiger partial charge in [0.1, 0.15) is 0 Å². The Morgan fingerprint density at radius 3 is 1.54 bits per heavy atom. The van der Waals surface area contributed by atoms with Crippen molar-refractivity contribution in [3.63, 3.8) is 0 Å². The molecule has 0 aliphatic heterocycles. The highest BCUT2D eigenvalue weighted by atomic mass is 32.1. The summed E-state index contributed by atoms with van der Waals surface area (Å²) in [7, 11) is 0. The number of thiophene rings is 1. The fourth-order valence-electron chi connectivity index (χ4n) is 8.43. The van der Waals surface area contributed by atoms with Crippen molar-refractivity contribution in [2.24, 2.45) is 0 Å². The van der Waals surface area contributed by atoms with Crippen LogP contribution in [0.3, 0.4) is 0 Å². The van der Waals surface area contributed by atoms with E-state index < -0.39 is 5.41 Å². The molecule has 11 rings (SSSR count). The van der Waals surface area contributed by atoms with Crippen molar-refractivity contribution in [2.75, 3.05) is 0 Å². The molecule has 0 bridgehead atoms. The average Bonchev–Trinajstić information content (AvgIpc) is 3.81. The molecule has 2 aliphatic carbocycles. The van der Waals surface area contributed by atoms with Crippen LogP contribution in [0.4, 0.5) is 0 Å². The van der Waals surface area contributed by atoms with Crippen molar-refractivity contribution in [3.05, 3.63) is 186 Å². The number of rotatable bonds is 3. The molecule has 50 heavy (non-hydrogen) atoms. The lowest BCUT2D eigenvalue weighted by atomic mass is 9.70. The second kappa shape index (κ2) is 10.4. The van der Waals surface area contributed by atoms with Crippen LogP contribution in [0, 0.1) is 0 Å². The van der Waals surface area contributed by atoms with Gasteiger partial charge in [0, 0.05) is 36.9 Å². The zero-order valence-electron chi connectivity index (χ0n) is 26.8. The number of hydrogen-bond donors (Lipinski definition) is 0. The van der Waals surface area contributed by atoms with E-state index >= 15 is 0 Å². The standard InChI is InChI=1S/C46H27N3S/c1-3-13-28(14-4-1)43-47-44(29-15-5-2-6-16-29)49-45(48-43)30-23-24-33-31-17-7-10-20-37(31)46(39(33)25-30)38-21-11-8-18-32(38)35-27-42-36(26-40(35)46)34-19-9-12-22-41(34)50-42/h1-27H. The number of nitrogens with zero attached hydrogens (tertiary/aromatic N) is 3. The number of aromatic nitrogens is 3. The van der Waals surface area contributed by atoms with E-state index in [9.17, 15) is 0 Å². The van der Waals surface area contributed by atoms with Crippen LogP contribution < -0.4 is 0 Å². The summed E-state index contributed by atoms with van der Waals surface area (Å²) < 4.78 is 2.64. The van der Waals surface area contributed by atoms with E-state index in [2.05, 4.69) is 127 Å². The third kappa shape index (κ3) is 3.77. The van der Waals surface area contributed by atoms with Crippen LogP contribution in [0.1, 0.15) is 22.3 Å². The summed E-state index contributed by atoms with van der Waals surface area (Å²) in [5.41, 5.74) is 12.8. The van der Waals surface area contributed by atoms with Gasteiger partial charge in [0.05, 0.1) is 5.41 Å². The molecular weight excluding hydrogens is 627 g/mol. The van der Waals surface area contributed by atoms with Crippen molar-refractivity contribution in [1.29, 1.82) is 0 Å². The van der Waals surface area contributed by atoms with Crippen LogP contribution >= 0.6 is 11.3 Å². The molecule has 0 N–H and O–H groups in total. The molecule has 3 nitrogen and oxygen atoms in total. The van der Waals surface area contributed by atoms with Crippen LogP contribution in [0.25, 0.3) is 76.6 Å². The van der Waals surface area contributed by atoms with Crippen molar-refractivity contribution in [1.82, 2.24) is 15.0 Å². The van der Waals surface area contributed by atoms with Gasteiger partial charge in [-0.05, 0) is 68.8 Å². The molecule has 0 fully saturated rings. The van der Waals surface area contributed by atoms with E-state index in [4.69, 9.17) is 15.0 Å². The highest BCUT2D eigenvalue weighted by Crippen LogP contribution is 2.63. The minimum absolute atomic E-state index is 0.483. The van der Waals surface area contributed by atoms with Crippen molar-refractivity contribution in [3.8, 4) is 56.4 Å².